The van der Waals surface area contributed by atoms with Gasteiger partial charge in [-0.3, -0.25) is 14.9 Å². The molecule has 9 heteroatoms. The molecule has 9 nitrogen and oxygen atoms in total. The highest BCUT2D eigenvalue weighted by Crippen LogP contribution is 2.27. The van der Waals surface area contributed by atoms with E-state index in [0.29, 0.717) is 11.3 Å². The van der Waals surface area contributed by atoms with E-state index < -0.39 is 22.9 Å². The zero-order valence-corrected chi connectivity index (χ0v) is 14.5. The number of hydrogen-bond acceptors (Lipinski definition) is 7. The van der Waals surface area contributed by atoms with E-state index in [1.807, 2.05) is 6.07 Å². The fourth-order valence-corrected chi connectivity index (χ4v) is 2.11. The molecule has 1 amide bonds. The summed E-state index contributed by atoms with van der Waals surface area (Å²) in [6.07, 6.45) is -1.14. The molecule has 1 atom stereocenters. The van der Waals surface area contributed by atoms with Crippen molar-refractivity contribution in [2.24, 2.45) is 0 Å². The van der Waals surface area contributed by atoms with E-state index in [0.717, 1.165) is 6.07 Å². The van der Waals surface area contributed by atoms with E-state index in [4.69, 9.17) is 14.7 Å². The lowest BCUT2D eigenvalue weighted by Gasteiger charge is -2.14. The van der Waals surface area contributed by atoms with Crippen molar-refractivity contribution in [3.8, 4) is 11.8 Å². The second-order valence-corrected chi connectivity index (χ2v) is 5.37. The van der Waals surface area contributed by atoms with Gasteiger partial charge in [-0.15, -0.1) is 0 Å². The first-order valence-corrected chi connectivity index (χ1v) is 7.70. The number of carbonyl (C=O) groups excluding carboxylic acids is 2. The summed E-state index contributed by atoms with van der Waals surface area (Å²) in [5, 5.41) is 22.3. The van der Waals surface area contributed by atoms with Crippen molar-refractivity contribution in [2.75, 3.05) is 12.4 Å². The molecule has 0 saturated heterocycles. The third-order valence-corrected chi connectivity index (χ3v) is 3.55. The molecule has 0 heterocycles. The summed E-state index contributed by atoms with van der Waals surface area (Å²) in [7, 11) is 1.27. The van der Waals surface area contributed by atoms with Crippen molar-refractivity contribution in [3.05, 3.63) is 63.7 Å². The number of benzene rings is 2. The van der Waals surface area contributed by atoms with Crippen LogP contribution in [0, 0.1) is 21.4 Å². The number of nitro groups is 1. The fraction of sp³-hybridized carbons (Fsp3) is 0.167. The number of rotatable bonds is 6. The molecule has 0 radical (unpaired) electrons. The third kappa shape index (κ3) is 4.79. The van der Waals surface area contributed by atoms with Gasteiger partial charge in [0, 0.05) is 11.8 Å². The second-order valence-electron chi connectivity index (χ2n) is 5.37. The number of nitrogens with one attached hydrogen (secondary N) is 1. The van der Waals surface area contributed by atoms with Crippen LogP contribution in [0.1, 0.15) is 22.8 Å². The highest BCUT2D eigenvalue weighted by Gasteiger charge is 2.22. The van der Waals surface area contributed by atoms with Gasteiger partial charge in [-0.2, -0.15) is 5.26 Å². The van der Waals surface area contributed by atoms with Crippen LogP contribution >= 0.6 is 0 Å². The van der Waals surface area contributed by atoms with E-state index in [9.17, 15) is 19.7 Å². The van der Waals surface area contributed by atoms with Gasteiger partial charge in [0.25, 0.3) is 5.91 Å². The zero-order valence-electron chi connectivity index (χ0n) is 14.5. The van der Waals surface area contributed by atoms with Gasteiger partial charge in [0.05, 0.1) is 29.2 Å². The van der Waals surface area contributed by atoms with E-state index in [2.05, 4.69) is 5.32 Å². The number of methoxy groups -OCH3 is 1. The molecule has 0 aliphatic carbocycles. The van der Waals surface area contributed by atoms with Gasteiger partial charge in [0.1, 0.15) is 0 Å². The van der Waals surface area contributed by atoms with Gasteiger partial charge in [-0.05, 0) is 43.3 Å². The predicted octanol–water partition coefficient (Wildman–Crippen LogP) is 2.66. The molecule has 27 heavy (non-hydrogen) atoms. The molecule has 0 spiro atoms. The molecule has 0 aromatic heterocycles. The van der Waals surface area contributed by atoms with Gasteiger partial charge in [0.15, 0.2) is 11.9 Å². The van der Waals surface area contributed by atoms with Crippen LogP contribution in [0.15, 0.2) is 42.5 Å². The Kier molecular flexibility index (Phi) is 6.06. The fourth-order valence-electron chi connectivity index (χ4n) is 2.11. The monoisotopic (exact) mass is 369 g/mol. The zero-order chi connectivity index (χ0) is 20.0. The van der Waals surface area contributed by atoms with Crippen molar-refractivity contribution in [1.29, 1.82) is 5.26 Å². The minimum atomic E-state index is -1.14. The lowest BCUT2D eigenvalue weighted by Crippen LogP contribution is -2.30. The molecule has 138 valence electrons. The smallest absolute Gasteiger partial charge is 0.339 e. The maximum atomic E-state index is 12.2. The highest BCUT2D eigenvalue weighted by molar-refractivity contribution is 5.97. The topological polar surface area (TPSA) is 132 Å². The van der Waals surface area contributed by atoms with Gasteiger partial charge in [0.2, 0.25) is 0 Å². The lowest BCUT2D eigenvalue weighted by atomic mass is 10.2. The first kappa shape index (κ1) is 19.4. The quantitative estimate of drug-likeness (QED) is 0.470. The second kappa shape index (κ2) is 8.44. The predicted molar refractivity (Wildman–Crippen MR) is 94.3 cm³/mol. The summed E-state index contributed by atoms with van der Waals surface area (Å²) >= 11 is 0. The minimum absolute atomic E-state index is 0.00292. The summed E-state index contributed by atoms with van der Waals surface area (Å²) in [5.74, 6) is -1.47. The summed E-state index contributed by atoms with van der Waals surface area (Å²) in [4.78, 5) is 34.6. The van der Waals surface area contributed by atoms with Crippen LogP contribution in [-0.2, 0) is 9.53 Å². The van der Waals surface area contributed by atoms with E-state index >= 15 is 0 Å². The van der Waals surface area contributed by atoms with Crippen LogP contribution in [-0.4, -0.2) is 30.0 Å². The number of esters is 1. The van der Waals surface area contributed by atoms with Crippen LogP contribution in [0.3, 0.4) is 0 Å². The number of ether oxygens (including phenoxy) is 2. The first-order chi connectivity index (χ1) is 12.8. The largest absolute Gasteiger partial charge is 0.490 e. The molecule has 2 rings (SSSR count). The van der Waals surface area contributed by atoms with Gasteiger partial charge < -0.3 is 14.8 Å². The molecule has 0 bridgehead atoms. The van der Waals surface area contributed by atoms with Crippen LogP contribution in [0.5, 0.6) is 5.75 Å². The normalized spacial score (nSPS) is 11.0. The molecule has 0 aliphatic rings. The Morgan fingerprint density at radius 3 is 2.44 bits per heavy atom. The summed E-state index contributed by atoms with van der Waals surface area (Å²) in [5.41, 5.74) is 0.401. The van der Waals surface area contributed by atoms with Crippen LogP contribution in [0.2, 0.25) is 0 Å². The standard InChI is InChI=1S/C18H15N3O6/c1-11(17(22)20-14-6-3-12(10-19)4-7-14)27-18(23)13-5-8-16(26-2)15(9-13)21(24)25/h3-9,11H,1-2H3,(H,20,22)/t11-/m1/s1. The number of nitriles is 1. The molecule has 1 N–H and O–H groups in total. The van der Waals surface area contributed by atoms with Crippen molar-refractivity contribution in [1.82, 2.24) is 0 Å². The Morgan fingerprint density at radius 2 is 1.89 bits per heavy atom. The highest BCUT2D eigenvalue weighted by atomic mass is 16.6. The van der Waals surface area contributed by atoms with Gasteiger partial charge >= 0.3 is 11.7 Å². The number of nitrogens with zero attached hydrogens (tertiary/aromatic N) is 2. The average molecular weight is 369 g/mol. The Bertz CT molecular complexity index is 918. The molecule has 2 aromatic carbocycles. The van der Waals surface area contributed by atoms with Crippen LogP contribution in [0.25, 0.3) is 0 Å². The van der Waals surface area contributed by atoms with Gasteiger partial charge in [-0.1, -0.05) is 0 Å². The number of nitro benzene ring substituents is 1. The molecule has 0 saturated carbocycles. The first-order valence-electron chi connectivity index (χ1n) is 7.70. The number of carbonyl (C=O) groups is 2. The van der Waals surface area contributed by atoms with Crippen LogP contribution < -0.4 is 10.1 Å². The summed E-state index contributed by atoms with van der Waals surface area (Å²) in [6.45, 7) is 1.37. The number of hydrogen-bond donors (Lipinski definition) is 1. The Morgan fingerprint density at radius 1 is 1.22 bits per heavy atom. The Hall–Kier alpha value is -3.93. The molecule has 0 aliphatic heterocycles. The van der Waals surface area contributed by atoms with E-state index in [1.165, 1.54) is 50.4 Å². The third-order valence-electron chi connectivity index (χ3n) is 3.55. The Balaban J connectivity index is 2.05. The summed E-state index contributed by atoms with van der Waals surface area (Å²) < 4.78 is 9.92. The summed E-state index contributed by atoms with van der Waals surface area (Å²) in [6, 6.07) is 11.7. The van der Waals surface area contributed by atoms with E-state index in [-0.39, 0.29) is 17.0 Å². The number of amides is 1. The van der Waals surface area contributed by atoms with Crippen molar-refractivity contribution >= 4 is 23.3 Å². The Labute approximate surface area is 154 Å². The van der Waals surface area contributed by atoms with Crippen molar-refractivity contribution < 1.29 is 24.0 Å². The van der Waals surface area contributed by atoms with Crippen molar-refractivity contribution in [3.63, 3.8) is 0 Å². The SMILES string of the molecule is COc1ccc(C(=O)O[C@H](C)C(=O)Nc2ccc(C#N)cc2)cc1[N+](=O)[O-]. The molecule has 0 unspecified atom stereocenters. The maximum absolute atomic E-state index is 12.2. The van der Waals surface area contributed by atoms with Gasteiger partial charge in [-0.25, -0.2) is 4.79 Å². The molecule has 0 fully saturated rings. The van der Waals surface area contributed by atoms with Crippen LogP contribution in [0.4, 0.5) is 11.4 Å². The minimum Gasteiger partial charge on any atom is -0.490 e. The van der Waals surface area contributed by atoms with Crippen molar-refractivity contribution in [2.45, 2.75) is 13.0 Å². The molecular weight excluding hydrogens is 354 g/mol. The molecule has 2 aromatic rings. The average Bonchev–Trinajstić information content (AvgIpc) is 2.67. The lowest BCUT2D eigenvalue weighted by molar-refractivity contribution is -0.385. The molecular formula is C18H15N3O6. The maximum Gasteiger partial charge on any atom is 0.339 e. The number of anilines is 1. The van der Waals surface area contributed by atoms with E-state index in [1.54, 1.807) is 0 Å².